The monoisotopic (exact) mass is 317 g/mol. The topological polar surface area (TPSA) is 50.9 Å². The van der Waals surface area contributed by atoms with Crippen LogP contribution < -0.4 is 11.1 Å². The van der Waals surface area contributed by atoms with Crippen molar-refractivity contribution in [1.29, 1.82) is 0 Å². The number of hydrogen-bond acceptors (Lipinski definition) is 3. The summed E-state index contributed by atoms with van der Waals surface area (Å²) in [6.45, 7) is -1.23. The van der Waals surface area contributed by atoms with Crippen LogP contribution in [0, 0.1) is 0 Å². The molecule has 0 aliphatic rings. The van der Waals surface area contributed by atoms with Crippen LogP contribution in [-0.4, -0.2) is 28.9 Å². The number of nitrogens with zero attached hydrogens (tertiary/aromatic N) is 1. The molecular weight excluding hydrogens is 306 g/mol. The summed E-state index contributed by atoms with van der Waals surface area (Å²) in [5, 5.41) is 2.80. The minimum atomic E-state index is -4.15. The normalized spacial score (nSPS) is 11.9. The molecule has 3 nitrogen and oxygen atoms in total. The van der Waals surface area contributed by atoms with E-state index in [0.29, 0.717) is 10.9 Å². The van der Waals surface area contributed by atoms with E-state index < -0.39 is 18.9 Å². The first-order valence-corrected chi connectivity index (χ1v) is 6.31. The third-order valence-electron chi connectivity index (χ3n) is 2.86. The lowest BCUT2D eigenvalue weighted by atomic mass is 10.1. The Kier molecular flexibility index (Phi) is 4.26. The largest absolute Gasteiger partial charge is 0.389 e. The molecule has 1 aromatic carbocycles. The summed E-state index contributed by atoms with van der Waals surface area (Å²) in [6, 6.07) is 6.67. The minimum Gasteiger partial charge on any atom is -0.389 e. The zero-order valence-corrected chi connectivity index (χ0v) is 11.4. The summed E-state index contributed by atoms with van der Waals surface area (Å²) in [7, 11) is 0. The third-order valence-corrected chi connectivity index (χ3v) is 3.08. The van der Waals surface area contributed by atoms with Gasteiger partial charge in [0.1, 0.15) is 4.99 Å². The fourth-order valence-corrected chi connectivity index (χ4v) is 1.96. The van der Waals surface area contributed by atoms with Crippen LogP contribution in [0.5, 0.6) is 0 Å². The molecule has 0 spiro atoms. The Labute approximate surface area is 123 Å². The Balaban J connectivity index is 2.45. The van der Waals surface area contributed by atoms with Gasteiger partial charge >= 0.3 is 12.3 Å². The quantitative estimate of drug-likeness (QED) is 0.657. The molecule has 0 saturated heterocycles. The van der Waals surface area contributed by atoms with Crippen molar-refractivity contribution in [2.45, 2.75) is 12.3 Å². The third kappa shape index (κ3) is 3.21. The van der Waals surface area contributed by atoms with Gasteiger partial charge in [-0.05, 0) is 6.07 Å². The molecule has 2 rings (SSSR count). The highest BCUT2D eigenvalue weighted by Crippen LogP contribution is 2.29. The summed E-state index contributed by atoms with van der Waals surface area (Å²) in [4.78, 5) is 4.04. The summed E-state index contributed by atoms with van der Waals surface area (Å²) >= 11 is 4.83. The molecule has 21 heavy (non-hydrogen) atoms. The smallest absolute Gasteiger partial charge is 0.324 e. The van der Waals surface area contributed by atoms with E-state index in [1.807, 2.05) is 0 Å². The molecule has 0 atom stereocenters. The molecule has 112 valence electrons. The fourth-order valence-electron chi connectivity index (χ4n) is 1.80. The second kappa shape index (κ2) is 5.80. The molecule has 0 fully saturated rings. The number of anilines is 1. The van der Waals surface area contributed by atoms with Gasteiger partial charge in [-0.3, -0.25) is 4.98 Å². The molecule has 0 bridgehead atoms. The number of alkyl halides is 4. The van der Waals surface area contributed by atoms with Gasteiger partial charge in [0.2, 0.25) is 0 Å². The number of halogens is 4. The van der Waals surface area contributed by atoms with Crippen molar-refractivity contribution < 1.29 is 17.6 Å². The van der Waals surface area contributed by atoms with E-state index in [9.17, 15) is 17.6 Å². The molecule has 2 aromatic rings. The van der Waals surface area contributed by atoms with Crippen LogP contribution in [0.4, 0.5) is 23.2 Å². The minimum absolute atomic E-state index is 0.0592. The van der Waals surface area contributed by atoms with Crippen LogP contribution >= 0.6 is 12.2 Å². The van der Waals surface area contributed by atoms with Crippen molar-refractivity contribution in [3.63, 3.8) is 0 Å². The SMILES string of the molecule is NC(=S)c1cnc2ccccc2c1NCC(F)(F)C(F)F. The lowest BCUT2D eigenvalue weighted by molar-refractivity contribution is -0.117. The van der Waals surface area contributed by atoms with Gasteiger partial charge in [0.15, 0.2) is 0 Å². The van der Waals surface area contributed by atoms with Gasteiger partial charge in [0.05, 0.1) is 23.3 Å². The second-order valence-electron chi connectivity index (χ2n) is 4.34. The Hall–Kier alpha value is -1.96. The average Bonchev–Trinajstić information content (AvgIpc) is 2.44. The molecular formula is C13H11F4N3S. The molecule has 0 unspecified atom stereocenters. The summed E-state index contributed by atoms with van der Waals surface area (Å²) in [6.07, 6.45) is -2.43. The number of aromatic nitrogens is 1. The van der Waals surface area contributed by atoms with Gasteiger partial charge in [0.25, 0.3) is 0 Å². The summed E-state index contributed by atoms with van der Waals surface area (Å²) < 4.78 is 50.6. The zero-order valence-electron chi connectivity index (χ0n) is 10.6. The van der Waals surface area contributed by atoms with Crippen LogP contribution in [0.3, 0.4) is 0 Å². The van der Waals surface area contributed by atoms with Crippen molar-refractivity contribution in [2.75, 3.05) is 11.9 Å². The Morgan fingerprint density at radius 3 is 2.62 bits per heavy atom. The number of para-hydroxylation sites is 1. The van der Waals surface area contributed by atoms with Gasteiger partial charge in [-0.2, -0.15) is 8.78 Å². The number of fused-ring (bicyclic) bond motifs is 1. The van der Waals surface area contributed by atoms with Crippen molar-refractivity contribution in [1.82, 2.24) is 4.98 Å². The number of nitrogens with two attached hydrogens (primary N) is 1. The van der Waals surface area contributed by atoms with Crippen molar-refractivity contribution in [3.05, 3.63) is 36.0 Å². The predicted octanol–water partition coefficient (Wildman–Crippen LogP) is 3.18. The number of hydrogen-bond donors (Lipinski definition) is 2. The zero-order chi connectivity index (χ0) is 15.6. The van der Waals surface area contributed by atoms with Crippen molar-refractivity contribution in [2.24, 2.45) is 5.73 Å². The van der Waals surface area contributed by atoms with E-state index >= 15 is 0 Å². The van der Waals surface area contributed by atoms with E-state index in [0.717, 1.165) is 0 Å². The van der Waals surface area contributed by atoms with Gasteiger partial charge in [0, 0.05) is 11.6 Å². The van der Waals surface area contributed by atoms with Crippen LogP contribution in [0.2, 0.25) is 0 Å². The first-order chi connectivity index (χ1) is 9.83. The van der Waals surface area contributed by atoms with Gasteiger partial charge < -0.3 is 11.1 Å². The Morgan fingerprint density at radius 1 is 1.33 bits per heavy atom. The maximum absolute atomic E-state index is 13.1. The Bertz CT molecular complexity index is 676. The number of thiocarbonyl (C=S) groups is 1. The highest BCUT2D eigenvalue weighted by molar-refractivity contribution is 7.80. The molecule has 8 heteroatoms. The van der Waals surface area contributed by atoms with Gasteiger partial charge in [-0.15, -0.1) is 0 Å². The molecule has 0 aliphatic carbocycles. The number of nitrogens with one attached hydrogen (secondary N) is 1. The van der Waals surface area contributed by atoms with Crippen molar-refractivity contribution >= 4 is 33.8 Å². The predicted molar refractivity (Wildman–Crippen MR) is 77.1 cm³/mol. The van der Waals surface area contributed by atoms with Gasteiger partial charge in [-0.25, -0.2) is 8.78 Å². The van der Waals surface area contributed by atoms with Crippen LogP contribution in [0.15, 0.2) is 30.5 Å². The number of pyridine rings is 1. The maximum Gasteiger partial charge on any atom is 0.324 e. The number of rotatable bonds is 5. The highest BCUT2D eigenvalue weighted by atomic mass is 32.1. The molecule has 1 aromatic heterocycles. The van der Waals surface area contributed by atoms with Crippen LogP contribution in [0.1, 0.15) is 5.56 Å². The second-order valence-corrected chi connectivity index (χ2v) is 4.78. The molecule has 0 radical (unpaired) electrons. The van der Waals surface area contributed by atoms with E-state index in [-0.39, 0.29) is 16.2 Å². The fraction of sp³-hybridized carbons (Fsp3) is 0.231. The van der Waals surface area contributed by atoms with Gasteiger partial charge in [-0.1, -0.05) is 30.4 Å². The lowest BCUT2D eigenvalue weighted by Crippen LogP contribution is -2.35. The highest BCUT2D eigenvalue weighted by Gasteiger charge is 2.40. The molecule has 1 heterocycles. The van der Waals surface area contributed by atoms with Crippen LogP contribution in [-0.2, 0) is 0 Å². The first-order valence-electron chi connectivity index (χ1n) is 5.90. The molecule has 0 saturated carbocycles. The molecule has 0 aliphatic heterocycles. The van der Waals surface area contributed by atoms with Crippen molar-refractivity contribution in [3.8, 4) is 0 Å². The lowest BCUT2D eigenvalue weighted by Gasteiger charge is -2.19. The maximum atomic E-state index is 13.1. The molecule has 0 amide bonds. The molecule has 3 N–H and O–H groups in total. The van der Waals surface area contributed by atoms with E-state index in [2.05, 4.69) is 10.3 Å². The summed E-state index contributed by atoms with van der Waals surface area (Å²) in [5.74, 6) is -4.15. The summed E-state index contributed by atoms with van der Waals surface area (Å²) in [5.41, 5.74) is 6.44. The van der Waals surface area contributed by atoms with E-state index in [1.165, 1.54) is 6.20 Å². The van der Waals surface area contributed by atoms with E-state index in [1.54, 1.807) is 24.3 Å². The standard InChI is InChI=1S/C13H11F4N3S/c14-12(15)13(16,17)6-20-10-7-3-1-2-4-9(7)19-5-8(10)11(18)21/h1-5,12H,6H2,(H2,18,21)(H,19,20). The Morgan fingerprint density at radius 2 is 2.00 bits per heavy atom. The van der Waals surface area contributed by atoms with E-state index in [4.69, 9.17) is 18.0 Å². The number of benzene rings is 1. The van der Waals surface area contributed by atoms with Crippen LogP contribution in [0.25, 0.3) is 10.9 Å². The first kappa shape index (κ1) is 15.4. The average molecular weight is 317 g/mol.